The normalized spacial score (nSPS) is 14.9. The van der Waals surface area contributed by atoms with Gasteiger partial charge >= 0.3 is 12.1 Å². The first-order valence-electron chi connectivity index (χ1n) is 15.1. The fraction of sp³-hybridized carbons (Fsp3) is 0.278. The maximum atomic E-state index is 14.4. The minimum Gasteiger partial charge on any atom is -0.460 e. The molecule has 0 radical (unpaired) electrons. The van der Waals surface area contributed by atoms with E-state index in [2.05, 4.69) is 5.32 Å². The summed E-state index contributed by atoms with van der Waals surface area (Å²) >= 11 is 0. The van der Waals surface area contributed by atoms with Crippen LogP contribution in [0.5, 0.6) is 0 Å². The van der Waals surface area contributed by atoms with Gasteiger partial charge in [0.2, 0.25) is 5.91 Å². The van der Waals surface area contributed by atoms with E-state index in [1.807, 2.05) is 24.3 Å². The summed E-state index contributed by atoms with van der Waals surface area (Å²) in [7, 11) is -4.43. The number of sulfonamides is 1. The number of nitrogens with zero attached hydrogens (tertiary/aromatic N) is 1. The lowest BCUT2D eigenvalue weighted by atomic mass is 10.0. The molecule has 11 heteroatoms. The molecular formula is C36H35F3N2O5S. The van der Waals surface area contributed by atoms with Crippen molar-refractivity contribution < 1.29 is 35.9 Å². The summed E-state index contributed by atoms with van der Waals surface area (Å²) in [5.74, 6) is -0.856. The number of nitrogens with one attached hydrogen (secondary N) is 1. The second kappa shape index (κ2) is 13.2. The molecule has 1 aliphatic heterocycles. The number of amides is 1. The fourth-order valence-electron chi connectivity index (χ4n) is 5.64. The van der Waals surface area contributed by atoms with E-state index < -0.39 is 39.3 Å². The van der Waals surface area contributed by atoms with E-state index in [0.29, 0.717) is 17.7 Å². The lowest BCUT2D eigenvalue weighted by Gasteiger charge is -2.27. The molecule has 1 heterocycles. The Hall–Kier alpha value is -4.64. The van der Waals surface area contributed by atoms with Crippen LogP contribution >= 0.6 is 0 Å². The molecule has 0 unspecified atom stereocenters. The van der Waals surface area contributed by atoms with Crippen molar-refractivity contribution in [2.24, 2.45) is 0 Å². The Labute approximate surface area is 272 Å². The molecule has 0 aromatic heterocycles. The molecule has 4 aromatic rings. The number of halogens is 3. The molecular weight excluding hydrogens is 629 g/mol. The van der Waals surface area contributed by atoms with Crippen LogP contribution in [0.1, 0.15) is 43.0 Å². The zero-order chi connectivity index (χ0) is 34.0. The van der Waals surface area contributed by atoms with Crippen molar-refractivity contribution >= 4 is 27.6 Å². The van der Waals surface area contributed by atoms with Gasteiger partial charge in [0.1, 0.15) is 11.6 Å². The van der Waals surface area contributed by atoms with Crippen LogP contribution in [0.25, 0.3) is 11.1 Å². The van der Waals surface area contributed by atoms with Crippen molar-refractivity contribution in [3.63, 3.8) is 0 Å². The number of anilines is 1. The highest BCUT2D eigenvalue weighted by molar-refractivity contribution is 7.93. The van der Waals surface area contributed by atoms with Crippen LogP contribution in [0, 0.1) is 0 Å². The molecule has 1 amide bonds. The average molecular weight is 665 g/mol. The zero-order valence-electron chi connectivity index (χ0n) is 26.2. The number of hydrogen-bond acceptors (Lipinski definition) is 5. The van der Waals surface area contributed by atoms with E-state index in [4.69, 9.17) is 4.74 Å². The van der Waals surface area contributed by atoms with Gasteiger partial charge < -0.3 is 10.1 Å². The molecule has 7 nitrogen and oxygen atoms in total. The topological polar surface area (TPSA) is 92.8 Å². The Morgan fingerprint density at radius 1 is 0.872 bits per heavy atom. The van der Waals surface area contributed by atoms with Gasteiger partial charge in [-0.3, -0.25) is 13.9 Å². The first-order valence-corrected chi connectivity index (χ1v) is 16.5. The molecule has 1 N–H and O–H groups in total. The number of carbonyl (C=O) groups excluding carboxylic acids is 2. The van der Waals surface area contributed by atoms with Gasteiger partial charge in [-0.2, -0.15) is 13.2 Å². The summed E-state index contributed by atoms with van der Waals surface area (Å²) in [6.45, 7) is 5.60. The Bertz CT molecular complexity index is 1900. The molecule has 0 fully saturated rings. The first kappa shape index (κ1) is 33.7. The van der Waals surface area contributed by atoms with Crippen LogP contribution in [0.15, 0.2) is 102 Å². The second-order valence-electron chi connectivity index (χ2n) is 12.3. The average Bonchev–Trinajstić information content (AvgIpc) is 3.41. The summed E-state index contributed by atoms with van der Waals surface area (Å²) < 4.78 is 75.8. The fourth-order valence-corrected chi connectivity index (χ4v) is 7.51. The third kappa shape index (κ3) is 7.85. The maximum Gasteiger partial charge on any atom is 0.416 e. The molecule has 47 heavy (non-hydrogen) atoms. The molecule has 0 aliphatic carbocycles. The summed E-state index contributed by atoms with van der Waals surface area (Å²) in [4.78, 5) is 25.7. The van der Waals surface area contributed by atoms with Crippen LogP contribution in [0.3, 0.4) is 0 Å². The monoisotopic (exact) mass is 664 g/mol. The van der Waals surface area contributed by atoms with E-state index in [9.17, 15) is 31.2 Å². The largest absolute Gasteiger partial charge is 0.460 e. The first-order chi connectivity index (χ1) is 22.1. The van der Waals surface area contributed by atoms with Crippen molar-refractivity contribution in [3.05, 3.63) is 119 Å². The quantitative estimate of drug-likeness (QED) is 0.200. The van der Waals surface area contributed by atoms with Crippen molar-refractivity contribution in [1.82, 2.24) is 5.32 Å². The predicted octanol–water partition coefficient (Wildman–Crippen LogP) is 6.74. The highest BCUT2D eigenvalue weighted by Crippen LogP contribution is 2.40. The van der Waals surface area contributed by atoms with Gasteiger partial charge in [0.25, 0.3) is 10.0 Å². The molecule has 1 aliphatic rings. The number of rotatable bonds is 9. The number of ether oxygens (including phenoxy) is 1. The summed E-state index contributed by atoms with van der Waals surface area (Å²) in [6, 6.07) is 23.4. The van der Waals surface area contributed by atoms with Gasteiger partial charge in [-0.15, -0.1) is 0 Å². The van der Waals surface area contributed by atoms with Crippen molar-refractivity contribution in [2.75, 3.05) is 10.8 Å². The Balaban J connectivity index is 1.37. The van der Waals surface area contributed by atoms with Crippen molar-refractivity contribution in [1.29, 1.82) is 0 Å². The smallest absolute Gasteiger partial charge is 0.416 e. The molecule has 0 spiro atoms. The molecule has 0 saturated heterocycles. The van der Waals surface area contributed by atoms with Gasteiger partial charge in [0.05, 0.1) is 22.6 Å². The minimum absolute atomic E-state index is 0.0846. The third-order valence-electron chi connectivity index (χ3n) is 7.63. The predicted molar refractivity (Wildman–Crippen MR) is 173 cm³/mol. The standard InChI is InChI=1S/C36H35F3N2O5S/c1-35(2,3)46-33(42)21-25-11-8-10-24(20-25)18-19-40-34(43)31-23-27-12-4-6-16-30(27)41(31)47(44,45)32-17-7-5-15-29(32)26-13-9-14-28(22-26)36(37,38)39/h4-17,20,22,31H,18-19,21,23H2,1-3H3,(H,40,43)/t31-/m0/s1. The Kier molecular flexibility index (Phi) is 9.49. The number of esters is 1. The van der Waals surface area contributed by atoms with Gasteiger partial charge in [-0.1, -0.05) is 72.8 Å². The van der Waals surface area contributed by atoms with Crippen molar-refractivity contribution in [3.8, 4) is 11.1 Å². The van der Waals surface area contributed by atoms with Gasteiger partial charge in [0, 0.05) is 18.5 Å². The van der Waals surface area contributed by atoms with Gasteiger partial charge in [-0.05, 0) is 73.7 Å². The summed E-state index contributed by atoms with van der Waals surface area (Å²) in [5.41, 5.74) is 1.31. The van der Waals surface area contributed by atoms with Crippen LogP contribution in [0.4, 0.5) is 18.9 Å². The SMILES string of the molecule is CC(C)(C)OC(=O)Cc1cccc(CCNC(=O)[C@@H]2Cc3ccccc3N2S(=O)(=O)c2ccccc2-c2cccc(C(F)(F)F)c2)c1. The molecule has 4 aromatic carbocycles. The minimum atomic E-state index is -4.61. The summed E-state index contributed by atoms with van der Waals surface area (Å²) in [6.07, 6.45) is -3.95. The number of benzene rings is 4. The lowest BCUT2D eigenvalue weighted by Crippen LogP contribution is -2.48. The molecule has 0 saturated carbocycles. The Morgan fingerprint density at radius 2 is 1.55 bits per heavy atom. The van der Waals surface area contributed by atoms with Gasteiger partial charge in [0.15, 0.2) is 0 Å². The number of fused-ring (bicyclic) bond motifs is 1. The molecule has 5 rings (SSSR count). The summed E-state index contributed by atoms with van der Waals surface area (Å²) in [5, 5.41) is 2.86. The Morgan fingerprint density at radius 3 is 2.30 bits per heavy atom. The molecule has 1 atom stereocenters. The maximum absolute atomic E-state index is 14.4. The number of carbonyl (C=O) groups is 2. The molecule has 0 bridgehead atoms. The van der Waals surface area contributed by atoms with E-state index in [-0.39, 0.29) is 41.4 Å². The van der Waals surface area contributed by atoms with E-state index in [0.717, 1.165) is 27.6 Å². The van der Waals surface area contributed by atoms with Crippen molar-refractivity contribution in [2.45, 2.75) is 62.7 Å². The highest BCUT2D eigenvalue weighted by atomic mass is 32.2. The number of hydrogen-bond donors (Lipinski definition) is 1. The third-order valence-corrected chi connectivity index (χ3v) is 9.51. The van der Waals surface area contributed by atoms with E-state index in [1.54, 1.807) is 51.1 Å². The van der Waals surface area contributed by atoms with Gasteiger partial charge in [-0.25, -0.2) is 8.42 Å². The van der Waals surface area contributed by atoms with Crippen LogP contribution in [-0.4, -0.2) is 38.5 Å². The van der Waals surface area contributed by atoms with Crippen LogP contribution < -0.4 is 9.62 Å². The number of alkyl halides is 3. The number of para-hydroxylation sites is 1. The highest BCUT2D eigenvalue weighted by Gasteiger charge is 2.43. The van der Waals surface area contributed by atoms with E-state index >= 15 is 0 Å². The van der Waals surface area contributed by atoms with E-state index in [1.165, 1.54) is 30.3 Å². The second-order valence-corrected chi connectivity index (χ2v) is 14.1. The molecule has 246 valence electrons. The zero-order valence-corrected chi connectivity index (χ0v) is 27.0. The van der Waals surface area contributed by atoms with Crippen LogP contribution in [-0.2, 0) is 49.8 Å². The van der Waals surface area contributed by atoms with Crippen LogP contribution in [0.2, 0.25) is 0 Å². The lowest BCUT2D eigenvalue weighted by molar-refractivity contribution is -0.154.